The first kappa shape index (κ1) is 27.9. The summed E-state index contributed by atoms with van der Waals surface area (Å²) in [7, 11) is 0. The molecule has 29 heavy (non-hydrogen) atoms. The van der Waals surface area contributed by atoms with Crippen LogP contribution in [0.2, 0.25) is 0 Å². The van der Waals surface area contributed by atoms with Crippen molar-refractivity contribution in [2.45, 2.75) is 142 Å². The Morgan fingerprint density at radius 2 is 0.931 bits per heavy atom. The van der Waals surface area contributed by atoms with Crippen LogP contribution in [0.4, 0.5) is 0 Å². The monoisotopic (exact) mass is 406 g/mol. The number of carboxylic acid groups (broad SMARTS) is 1. The zero-order valence-corrected chi connectivity index (χ0v) is 19.5. The second-order valence-corrected chi connectivity index (χ2v) is 8.56. The smallest absolute Gasteiger partial charge is 0.303 e. The summed E-state index contributed by atoms with van der Waals surface area (Å²) in [6, 6.07) is 0. The Labute approximate surface area is 182 Å². The molecule has 0 aromatic heterocycles. The molecule has 0 aromatic carbocycles. The average molecular weight is 407 g/mol. The first-order valence-corrected chi connectivity index (χ1v) is 12.8. The van der Waals surface area contributed by atoms with E-state index in [1.54, 1.807) is 0 Å². The molecule has 2 heteroatoms. The first-order valence-electron chi connectivity index (χ1n) is 12.8. The van der Waals surface area contributed by atoms with Gasteiger partial charge in [-0.1, -0.05) is 121 Å². The van der Waals surface area contributed by atoms with Crippen molar-refractivity contribution in [3.05, 3.63) is 24.3 Å². The molecule has 0 unspecified atom stereocenters. The summed E-state index contributed by atoms with van der Waals surface area (Å²) in [4.78, 5) is 10.4. The molecule has 0 bridgehead atoms. The van der Waals surface area contributed by atoms with Crippen molar-refractivity contribution in [3.8, 4) is 0 Å². The van der Waals surface area contributed by atoms with E-state index in [2.05, 4.69) is 31.2 Å². The zero-order chi connectivity index (χ0) is 21.3. The van der Waals surface area contributed by atoms with Crippen LogP contribution in [0.15, 0.2) is 24.3 Å². The predicted octanol–water partition coefficient (Wildman–Crippen LogP) is 9.40. The van der Waals surface area contributed by atoms with Crippen LogP contribution in [0.5, 0.6) is 0 Å². The Kier molecular flexibility index (Phi) is 24.1. The second kappa shape index (κ2) is 25.0. The van der Waals surface area contributed by atoms with Crippen LogP contribution in [-0.2, 0) is 4.79 Å². The molecule has 0 aliphatic heterocycles. The van der Waals surface area contributed by atoms with E-state index < -0.39 is 5.97 Å². The molecular weight excluding hydrogens is 356 g/mol. The summed E-state index contributed by atoms with van der Waals surface area (Å²) in [5, 5.41) is 8.58. The highest BCUT2D eigenvalue weighted by Gasteiger charge is 1.96. The fraction of sp³-hybridized carbons (Fsp3) is 0.815. The molecule has 0 atom stereocenters. The third-order valence-corrected chi connectivity index (χ3v) is 5.59. The molecule has 0 amide bonds. The van der Waals surface area contributed by atoms with Gasteiger partial charge in [-0.2, -0.15) is 0 Å². The fourth-order valence-corrected chi connectivity index (χ4v) is 3.68. The largest absolute Gasteiger partial charge is 0.481 e. The van der Waals surface area contributed by atoms with Crippen molar-refractivity contribution < 1.29 is 9.90 Å². The molecule has 0 radical (unpaired) electrons. The van der Waals surface area contributed by atoms with Gasteiger partial charge < -0.3 is 5.11 Å². The van der Waals surface area contributed by atoms with E-state index in [0.29, 0.717) is 6.42 Å². The van der Waals surface area contributed by atoms with Gasteiger partial charge >= 0.3 is 5.97 Å². The Hall–Kier alpha value is -1.05. The molecule has 0 aliphatic carbocycles. The lowest BCUT2D eigenvalue weighted by Gasteiger charge is -2.00. The first-order chi connectivity index (χ1) is 14.3. The van der Waals surface area contributed by atoms with Gasteiger partial charge in [-0.15, -0.1) is 0 Å². The predicted molar refractivity (Wildman–Crippen MR) is 129 cm³/mol. The molecule has 1 N–H and O–H groups in total. The van der Waals surface area contributed by atoms with Crippen molar-refractivity contribution in [1.29, 1.82) is 0 Å². The van der Waals surface area contributed by atoms with Crippen LogP contribution < -0.4 is 0 Å². The van der Waals surface area contributed by atoms with Gasteiger partial charge in [0.1, 0.15) is 0 Å². The zero-order valence-electron chi connectivity index (χ0n) is 19.5. The van der Waals surface area contributed by atoms with Crippen molar-refractivity contribution in [3.63, 3.8) is 0 Å². The summed E-state index contributed by atoms with van der Waals surface area (Å²) in [6.45, 7) is 2.28. The Balaban J connectivity index is 3.17. The summed E-state index contributed by atoms with van der Waals surface area (Å²) in [5.74, 6) is -0.660. The molecule has 0 aliphatic rings. The molecule has 0 rings (SSSR count). The molecule has 170 valence electrons. The number of carbonyl (C=O) groups is 1. The Bertz CT molecular complexity index is 384. The Morgan fingerprint density at radius 3 is 1.34 bits per heavy atom. The van der Waals surface area contributed by atoms with Crippen LogP contribution in [-0.4, -0.2) is 11.1 Å². The van der Waals surface area contributed by atoms with Gasteiger partial charge in [-0.05, 0) is 38.5 Å². The SMILES string of the molecule is CCCCCCCCCCCC=CCC=CCCCCCCCCCCC(=O)O. The molecule has 0 spiro atoms. The highest BCUT2D eigenvalue weighted by molar-refractivity contribution is 5.66. The van der Waals surface area contributed by atoms with Gasteiger partial charge in [0.2, 0.25) is 0 Å². The van der Waals surface area contributed by atoms with Crippen molar-refractivity contribution in [1.82, 2.24) is 0 Å². The average Bonchev–Trinajstić information content (AvgIpc) is 2.71. The standard InChI is InChI=1S/C27H50O2/c1-2-3-4-5-6-7-8-9-10-11-12-13-14-15-16-17-18-19-20-21-22-23-24-25-26-27(28)29/h12-13,15-16H,2-11,14,17-26H2,1H3,(H,28,29). The van der Waals surface area contributed by atoms with Gasteiger partial charge in [0, 0.05) is 6.42 Å². The molecule has 0 saturated heterocycles. The van der Waals surface area contributed by atoms with E-state index in [9.17, 15) is 4.79 Å². The van der Waals surface area contributed by atoms with E-state index >= 15 is 0 Å². The van der Waals surface area contributed by atoms with Gasteiger partial charge in [0.15, 0.2) is 0 Å². The van der Waals surface area contributed by atoms with Crippen LogP contribution >= 0.6 is 0 Å². The van der Waals surface area contributed by atoms with Gasteiger partial charge in [0.05, 0.1) is 0 Å². The maximum absolute atomic E-state index is 10.4. The summed E-state index contributed by atoms with van der Waals surface area (Å²) in [5.41, 5.74) is 0. The molecular formula is C27H50O2. The molecule has 2 nitrogen and oxygen atoms in total. The number of rotatable bonds is 23. The lowest BCUT2D eigenvalue weighted by molar-refractivity contribution is -0.137. The third-order valence-electron chi connectivity index (χ3n) is 5.59. The highest BCUT2D eigenvalue weighted by Crippen LogP contribution is 2.12. The molecule has 0 saturated carbocycles. The fourth-order valence-electron chi connectivity index (χ4n) is 3.68. The molecule has 0 heterocycles. The van der Waals surface area contributed by atoms with Gasteiger partial charge in [0.25, 0.3) is 0 Å². The van der Waals surface area contributed by atoms with Crippen molar-refractivity contribution >= 4 is 5.97 Å². The highest BCUT2D eigenvalue weighted by atomic mass is 16.4. The number of aliphatic carboxylic acids is 1. The lowest BCUT2D eigenvalue weighted by atomic mass is 10.1. The van der Waals surface area contributed by atoms with E-state index in [-0.39, 0.29) is 0 Å². The maximum Gasteiger partial charge on any atom is 0.303 e. The van der Waals surface area contributed by atoms with Crippen LogP contribution in [0, 0.1) is 0 Å². The topological polar surface area (TPSA) is 37.3 Å². The number of unbranched alkanes of at least 4 members (excludes halogenated alkanes) is 17. The van der Waals surface area contributed by atoms with Crippen molar-refractivity contribution in [2.24, 2.45) is 0 Å². The van der Waals surface area contributed by atoms with Gasteiger partial charge in [-0.25, -0.2) is 0 Å². The Morgan fingerprint density at radius 1 is 0.552 bits per heavy atom. The van der Waals surface area contributed by atoms with Crippen molar-refractivity contribution in [2.75, 3.05) is 0 Å². The van der Waals surface area contributed by atoms with Crippen LogP contribution in [0.3, 0.4) is 0 Å². The third kappa shape index (κ3) is 26.9. The van der Waals surface area contributed by atoms with E-state index in [4.69, 9.17) is 5.11 Å². The van der Waals surface area contributed by atoms with E-state index in [0.717, 1.165) is 19.3 Å². The number of hydrogen-bond acceptors (Lipinski definition) is 1. The maximum atomic E-state index is 10.4. The van der Waals surface area contributed by atoms with E-state index in [1.165, 1.54) is 109 Å². The quantitative estimate of drug-likeness (QED) is 0.135. The van der Waals surface area contributed by atoms with Crippen LogP contribution in [0.25, 0.3) is 0 Å². The number of hydrogen-bond donors (Lipinski definition) is 1. The summed E-state index contributed by atoms with van der Waals surface area (Å²) < 4.78 is 0. The van der Waals surface area contributed by atoms with E-state index in [1.807, 2.05) is 0 Å². The summed E-state index contributed by atoms with van der Waals surface area (Å²) in [6.07, 6.45) is 35.5. The van der Waals surface area contributed by atoms with Crippen LogP contribution in [0.1, 0.15) is 142 Å². The second-order valence-electron chi connectivity index (χ2n) is 8.56. The number of carboxylic acids is 1. The minimum atomic E-state index is -0.660. The molecule has 0 fully saturated rings. The summed E-state index contributed by atoms with van der Waals surface area (Å²) >= 11 is 0. The lowest BCUT2D eigenvalue weighted by Crippen LogP contribution is -1.93. The minimum Gasteiger partial charge on any atom is -0.481 e. The van der Waals surface area contributed by atoms with Gasteiger partial charge in [-0.3, -0.25) is 4.79 Å². The minimum absolute atomic E-state index is 0.334. The number of allylic oxidation sites excluding steroid dienone is 4. The molecule has 0 aromatic rings. The normalized spacial score (nSPS) is 11.8.